The van der Waals surface area contributed by atoms with Crippen molar-refractivity contribution in [2.75, 3.05) is 0 Å². The molecule has 1 aromatic heterocycles. The SMILES string of the molecule is NC(=O)CCC(NC(=O)C(N)Cc1cnc[nH]1)C(=O)NC(CCC(N)=O)C(=O)NC(CC(=O)O)C(=O)O. The highest BCUT2D eigenvalue weighted by atomic mass is 16.4. The lowest BCUT2D eigenvalue weighted by atomic mass is 10.1. The molecule has 0 saturated heterocycles. The van der Waals surface area contributed by atoms with Crippen LogP contribution in [0.3, 0.4) is 0 Å². The molecule has 1 rings (SSSR count). The van der Waals surface area contributed by atoms with E-state index in [2.05, 4.69) is 20.6 Å². The molecule has 4 atom stereocenters. The van der Waals surface area contributed by atoms with Gasteiger partial charge >= 0.3 is 11.9 Å². The van der Waals surface area contributed by atoms with E-state index < -0.39 is 78.5 Å². The Morgan fingerprint density at radius 1 is 0.838 bits per heavy atom. The molecule has 4 unspecified atom stereocenters. The first-order valence-corrected chi connectivity index (χ1v) is 10.9. The fraction of sp³-hybridized carbons (Fsp3) is 0.500. The molecule has 12 N–H and O–H groups in total. The summed E-state index contributed by atoms with van der Waals surface area (Å²) in [6.45, 7) is 0. The van der Waals surface area contributed by atoms with Crippen LogP contribution in [0.25, 0.3) is 0 Å². The van der Waals surface area contributed by atoms with Gasteiger partial charge in [-0.2, -0.15) is 0 Å². The number of hydrogen-bond donors (Lipinski definition) is 9. The minimum Gasteiger partial charge on any atom is -0.481 e. The van der Waals surface area contributed by atoms with Crippen LogP contribution in [-0.2, 0) is 40.0 Å². The molecule has 1 heterocycles. The number of nitrogens with zero attached hydrogens (tertiary/aromatic N) is 1. The normalized spacial score (nSPS) is 13.9. The van der Waals surface area contributed by atoms with Crippen LogP contribution in [0, 0.1) is 0 Å². The number of carboxylic acids is 2. The number of carboxylic acid groups (broad SMARTS) is 2. The van der Waals surface area contributed by atoms with E-state index in [4.69, 9.17) is 27.4 Å². The Morgan fingerprint density at radius 3 is 1.73 bits per heavy atom. The molecule has 0 fully saturated rings. The highest BCUT2D eigenvalue weighted by molar-refractivity contribution is 5.95. The second-order valence-corrected chi connectivity index (χ2v) is 8.02. The van der Waals surface area contributed by atoms with Crippen molar-refractivity contribution in [3.05, 3.63) is 18.2 Å². The van der Waals surface area contributed by atoms with Crippen molar-refractivity contribution in [1.82, 2.24) is 25.9 Å². The van der Waals surface area contributed by atoms with Crippen molar-refractivity contribution >= 4 is 41.5 Å². The van der Waals surface area contributed by atoms with Crippen LogP contribution in [0.1, 0.15) is 37.8 Å². The Balaban J connectivity index is 3.02. The maximum absolute atomic E-state index is 12.9. The lowest BCUT2D eigenvalue weighted by molar-refractivity contribution is -0.147. The molecule has 17 nitrogen and oxygen atoms in total. The van der Waals surface area contributed by atoms with Crippen molar-refractivity contribution in [2.24, 2.45) is 17.2 Å². The van der Waals surface area contributed by atoms with Gasteiger partial charge < -0.3 is 48.3 Å². The van der Waals surface area contributed by atoms with E-state index in [-0.39, 0.29) is 25.7 Å². The van der Waals surface area contributed by atoms with E-state index in [9.17, 15) is 33.6 Å². The van der Waals surface area contributed by atoms with Gasteiger partial charge in [-0.05, 0) is 12.8 Å². The van der Waals surface area contributed by atoms with Gasteiger partial charge in [0.1, 0.15) is 18.1 Å². The number of hydrogen-bond acceptors (Lipinski definition) is 9. The monoisotopic (exact) mass is 526 g/mol. The predicted octanol–water partition coefficient (Wildman–Crippen LogP) is -4.18. The minimum atomic E-state index is -1.83. The molecule has 0 spiro atoms. The average molecular weight is 527 g/mol. The molecule has 204 valence electrons. The lowest BCUT2D eigenvalue weighted by Crippen LogP contribution is -2.57. The predicted molar refractivity (Wildman–Crippen MR) is 123 cm³/mol. The largest absolute Gasteiger partial charge is 0.481 e. The molecule has 0 aromatic carbocycles. The molecule has 0 radical (unpaired) electrons. The molecule has 0 aliphatic carbocycles. The van der Waals surface area contributed by atoms with Crippen molar-refractivity contribution in [2.45, 2.75) is 62.7 Å². The molecule has 5 amide bonds. The summed E-state index contributed by atoms with van der Waals surface area (Å²) in [6, 6.07) is -5.89. The number of aromatic nitrogens is 2. The van der Waals surface area contributed by atoms with Crippen molar-refractivity contribution in [3.63, 3.8) is 0 Å². The third-order valence-corrected chi connectivity index (χ3v) is 4.95. The molecule has 1 aromatic rings. The summed E-state index contributed by atoms with van der Waals surface area (Å²) in [4.78, 5) is 89.4. The van der Waals surface area contributed by atoms with Gasteiger partial charge in [0, 0.05) is 31.2 Å². The maximum atomic E-state index is 12.9. The number of carbonyl (C=O) groups excluding carboxylic acids is 5. The zero-order valence-corrected chi connectivity index (χ0v) is 19.6. The molecule has 0 bridgehead atoms. The average Bonchev–Trinajstić information content (AvgIpc) is 3.30. The van der Waals surface area contributed by atoms with Crippen LogP contribution < -0.4 is 33.2 Å². The van der Waals surface area contributed by atoms with Crippen molar-refractivity contribution < 1.29 is 43.8 Å². The summed E-state index contributed by atoms with van der Waals surface area (Å²) in [5, 5.41) is 24.6. The molecule has 17 heteroatoms. The van der Waals surface area contributed by atoms with Crippen LogP contribution in [0.4, 0.5) is 0 Å². The van der Waals surface area contributed by atoms with Gasteiger partial charge in [0.05, 0.1) is 18.8 Å². The fourth-order valence-electron chi connectivity index (χ4n) is 3.03. The highest BCUT2D eigenvalue weighted by Gasteiger charge is 2.31. The van der Waals surface area contributed by atoms with Gasteiger partial charge in [0.15, 0.2) is 0 Å². The van der Waals surface area contributed by atoms with Gasteiger partial charge in [-0.3, -0.25) is 28.8 Å². The molecule has 37 heavy (non-hydrogen) atoms. The van der Waals surface area contributed by atoms with Gasteiger partial charge in [0.25, 0.3) is 0 Å². The number of aliphatic carboxylic acids is 2. The second kappa shape index (κ2) is 14.8. The van der Waals surface area contributed by atoms with Crippen molar-refractivity contribution in [3.8, 4) is 0 Å². The summed E-state index contributed by atoms with van der Waals surface area (Å²) in [7, 11) is 0. The zero-order valence-electron chi connectivity index (χ0n) is 19.6. The molecular weight excluding hydrogens is 496 g/mol. The smallest absolute Gasteiger partial charge is 0.326 e. The Morgan fingerprint density at radius 2 is 1.32 bits per heavy atom. The standard InChI is InChI=1S/C20H30N8O9/c21-10(5-9-7-24-8-25-9)17(33)26-11(1-3-14(22)29)18(34)27-12(2-4-15(23)30)19(35)28-13(20(36)37)6-16(31)32/h7-8,10-13H,1-6,21H2,(H2,22,29)(H2,23,30)(H,24,25)(H,26,33)(H,27,34)(H,28,35)(H,31,32)(H,36,37). The van der Waals surface area contributed by atoms with Crippen LogP contribution >= 0.6 is 0 Å². The first kappa shape index (κ1) is 30.5. The summed E-state index contributed by atoms with van der Waals surface area (Å²) in [5.74, 6) is -7.63. The summed E-state index contributed by atoms with van der Waals surface area (Å²) < 4.78 is 0. The number of H-pyrrole nitrogens is 1. The first-order valence-electron chi connectivity index (χ1n) is 10.9. The number of primary amides is 2. The second-order valence-electron chi connectivity index (χ2n) is 8.02. The minimum absolute atomic E-state index is 0.0415. The zero-order chi connectivity index (χ0) is 28.1. The third kappa shape index (κ3) is 11.6. The van der Waals surface area contributed by atoms with Crippen molar-refractivity contribution in [1.29, 1.82) is 0 Å². The fourth-order valence-corrected chi connectivity index (χ4v) is 3.03. The number of rotatable bonds is 17. The van der Waals surface area contributed by atoms with Crippen LogP contribution in [0.2, 0.25) is 0 Å². The summed E-state index contributed by atoms with van der Waals surface area (Å²) in [5.41, 5.74) is 16.6. The molecule has 0 aliphatic rings. The Bertz CT molecular complexity index is 998. The van der Waals surface area contributed by atoms with Crippen LogP contribution in [-0.4, -0.2) is 85.8 Å². The number of amides is 5. The number of nitrogens with two attached hydrogens (primary N) is 3. The summed E-state index contributed by atoms with van der Waals surface area (Å²) in [6.07, 6.45) is 0.539. The van der Waals surface area contributed by atoms with Gasteiger partial charge in [0.2, 0.25) is 29.5 Å². The number of nitrogens with one attached hydrogen (secondary N) is 4. The van der Waals surface area contributed by atoms with E-state index in [1.807, 2.05) is 5.32 Å². The number of carbonyl (C=O) groups is 7. The van der Waals surface area contributed by atoms with E-state index >= 15 is 0 Å². The topological polar surface area (TPSA) is 303 Å². The van der Waals surface area contributed by atoms with Crippen LogP contribution in [0.5, 0.6) is 0 Å². The maximum Gasteiger partial charge on any atom is 0.326 e. The molecular formula is C20H30N8O9. The molecule has 0 aliphatic heterocycles. The Labute approximate surface area is 209 Å². The van der Waals surface area contributed by atoms with Gasteiger partial charge in [-0.25, -0.2) is 9.78 Å². The Hall–Kier alpha value is -4.54. The van der Waals surface area contributed by atoms with E-state index in [1.165, 1.54) is 12.5 Å². The van der Waals surface area contributed by atoms with Gasteiger partial charge in [-0.1, -0.05) is 0 Å². The van der Waals surface area contributed by atoms with Crippen LogP contribution in [0.15, 0.2) is 12.5 Å². The molecule has 0 saturated carbocycles. The third-order valence-electron chi connectivity index (χ3n) is 4.95. The lowest BCUT2D eigenvalue weighted by Gasteiger charge is -2.24. The first-order chi connectivity index (χ1) is 17.3. The highest BCUT2D eigenvalue weighted by Crippen LogP contribution is 2.05. The number of imidazole rings is 1. The Kier molecular flexibility index (Phi) is 12.2. The van der Waals surface area contributed by atoms with E-state index in [0.29, 0.717) is 5.69 Å². The van der Waals surface area contributed by atoms with Gasteiger partial charge in [-0.15, -0.1) is 0 Å². The number of aromatic amines is 1. The quantitative estimate of drug-likeness (QED) is 0.0937. The summed E-state index contributed by atoms with van der Waals surface area (Å²) >= 11 is 0. The van der Waals surface area contributed by atoms with E-state index in [0.717, 1.165) is 0 Å². The van der Waals surface area contributed by atoms with E-state index in [1.54, 1.807) is 0 Å².